The van der Waals surface area contributed by atoms with Crippen LogP contribution in [0.5, 0.6) is 5.75 Å². The molecule has 0 aromatic carbocycles. The molecule has 1 saturated carbocycles. The number of nitrogen functional groups attached to an aromatic ring is 1. The highest BCUT2D eigenvalue weighted by Gasteiger charge is 2.37. The molecule has 2 N–H and O–H groups in total. The van der Waals surface area contributed by atoms with E-state index < -0.39 is 10.0 Å². The predicted octanol–water partition coefficient (Wildman–Crippen LogP) is 3.68. The van der Waals surface area contributed by atoms with Crippen molar-refractivity contribution in [1.82, 2.24) is 33.9 Å². The average Bonchev–Trinajstić information content (AvgIpc) is 3.46. The van der Waals surface area contributed by atoms with E-state index in [0.29, 0.717) is 41.0 Å². The van der Waals surface area contributed by atoms with Crippen LogP contribution in [-0.2, 0) is 10.0 Å². The molecule has 0 spiro atoms. The van der Waals surface area contributed by atoms with Gasteiger partial charge in [0.2, 0.25) is 0 Å². The van der Waals surface area contributed by atoms with Gasteiger partial charge >= 0.3 is 0 Å². The maximum Gasteiger partial charge on any atom is 0.256 e. The van der Waals surface area contributed by atoms with E-state index in [1.807, 2.05) is 24.7 Å². The van der Waals surface area contributed by atoms with Crippen LogP contribution in [0.3, 0.4) is 0 Å². The summed E-state index contributed by atoms with van der Waals surface area (Å²) >= 11 is 0. The van der Waals surface area contributed by atoms with E-state index in [4.69, 9.17) is 10.5 Å². The van der Waals surface area contributed by atoms with Crippen LogP contribution in [-0.4, -0.2) is 53.7 Å². The Kier molecular flexibility index (Phi) is 7.10. The van der Waals surface area contributed by atoms with Gasteiger partial charge in [-0.25, -0.2) is 18.4 Å². The number of nitrogens with two attached hydrogens (primary N) is 1. The number of nitrogens with zero attached hydrogens (tertiary/aromatic N) is 7. The number of hydrogen-bond acceptors (Lipinski definition) is 9. The number of ether oxygens (including phenoxy) is 1. The third-order valence-corrected chi connectivity index (χ3v) is 8.40. The van der Waals surface area contributed by atoms with Crippen molar-refractivity contribution in [3.05, 3.63) is 54.4 Å². The molecule has 4 aromatic rings. The van der Waals surface area contributed by atoms with Gasteiger partial charge in [0.1, 0.15) is 11.6 Å². The number of anilines is 1. The van der Waals surface area contributed by atoms with Crippen molar-refractivity contribution in [2.45, 2.75) is 64.4 Å². The van der Waals surface area contributed by atoms with Crippen LogP contribution < -0.4 is 10.5 Å². The molecule has 39 heavy (non-hydrogen) atoms. The summed E-state index contributed by atoms with van der Waals surface area (Å²) in [4.78, 5) is 13.4. The lowest BCUT2D eigenvalue weighted by Gasteiger charge is -2.15. The summed E-state index contributed by atoms with van der Waals surface area (Å²) in [5.74, 6) is 7.33. The molecule has 1 unspecified atom stereocenters. The maximum absolute atomic E-state index is 12.5. The van der Waals surface area contributed by atoms with E-state index in [-0.39, 0.29) is 29.0 Å². The minimum atomic E-state index is -3.48. The van der Waals surface area contributed by atoms with Gasteiger partial charge in [-0.2, -0.15) is 14.3 Å². The Morgan fingerprint density at radius 3 is 2.54 bits per heavy atom. The molecular weight excluding hydrogens is 516 g/mol. The van der Waals surface area contributed by atoms with Crippen molar-refractivity contribution < 1.29 is 13.2 Å². The third kappa shape index (κ3) is 5.63. The number of aromatic nitrogens is 7. The monoisotopic (exact) mass is 546 g/mol. The average molecular weight is 547 g/mol. The van der Waals surface area contributed by atoms with Crippen LogP contribution in [0, 0.1) is 11.8 Å². The Bertz CT molecular complexity index is 1680. The first-order chi connectivity index (χ1) is 18.7. The Morgan fingerprint density at radius 2 is 1.87 bits per heavy atom. The molecule has 11 nitrogen and oxygen atoms in total. The van der Waals surface area contributed by atoms with Crippen molar-refractivity contribution in [1.29, 1.82) is 0 Å². The zero-order valence-electron chi connectivity index (χ0n) is 22.2. The summed E-state index contributed by atoms with van der Waals surface area (Å²) in [6.45, 7) is 8.14. The minimum absolute atomic E-state index is 0.0380. The van der Waals surface area contributed by atoms with E-state index in [0.717, 1.165) is 16.1 Å². The Balaban J connectivity index is 1.44. The summed E-state index contributed by atoms with van der Waals surface area (Å²) in [6, 6.07) is 2.03. The first-order valence-electron chi connectivity index (χ1n) is 12.8. The molecule has 4 heterocycles. The Morgan fingerprint density at radius 1 is 1.08 bits per heavy atom. The molecule has 0 radical (unpaired) electrons. The molecule has 1 atom stereocenters. The molecular formula is C27H30N8O3S. The molecule has 0 aliphatic heterocycles. The lowest BCUT2D eigenvalue weighted by Crippen LogP contribution is -2.17. The van der Waals surface area contributed by atoms with Gasteiger partial charge in [0.05, 0.1) is 57.9 Å². The molecule has 1 aliphatic carbocycles. The molecule has 12 heteroatoms. The molecule has 4 aromatic heterocycles. The molecule has 0 bridgehead atoms. The lowest BCUT2D eigenvalue weighted by molar-refractivity contribution is 0.217. The van der Waals surface area contributed by atoms with E-state index >= 15 is 0 Å². The van der Waals surface area contributed by atoms with E-state index in [9.17, 15) is 8.42 Å². The summed E-state index contributed by atoms with van der Waals surface area (Å²) in [7, 11) is -3.48. The number of hydrogen-bond donors (Lipinski definition) is 1. The molecule has 0 saturated heterocycles. The van der Waals surface area contributed by atoms with Crippen LogP contribution in [0.15, 0.2) is 43.2 Å². The fraction of sp³-hybridized carbons (Fsp3) is 0.370. The highest BCUT2D eigenvalue weighted by molar-refractivity contribution is 7.90. The first-order valence-corrected chi connectivity index (χ1v) is 14.3. The van der Waals surface area contributed by atoms with E-state index in [1.54, 1.807) is 24.7 Å². The molecule has 1 fully saturated rings. The van der Waals surface area contributed by atoms with E-state index in [1.165, 1.54) is 12.4 Å². The molecule has 5 rings (SSSR count). The quantitative estimate of drug-likeness (QED) is 0.327. The number of rotatable bonds is 8. The summed E-state index contributed by atoms with van der Waals surface area (Å²) in [5.41, 5.74) is 9.24. The molecule has 0 amide bonds. The van der Waals surface area contributed by atoms with Gasteiger partial charge in [0.15, 0.2) is 5.82 Å². The van der Waals surface area contributed by atoms with Crippen LogP contribution in [0.25, 0.3) is 22.6 Å². The zero-order chi connectivity index (χ0) is 27.7. The smallest absolute Gasteiger partial charge is 0.256 e. The van der Waals surface area contributed by atoms with Crippen molar-refractivity contribution in [2.24, 2.45) is 0 Å². The fourth-order valence-corrected chi connectivity index (χ4v) is 5.19. The zero-order valence-corrected chi connectivity index (χ0v) is 23.1. The maximum atomic E-state index is 12.5. The second-order valence-corrected chi connectivity index (χ2v) is 11.9. The molecule has 202 valence electrons. The van der Waals surface area contributed by atoms with Gasteiger partial charge in [0, 0.05) is 30.7 Å². The summed E-state index contributed by atoms with van der Waals surface area (Å²) in [5, 5.41) is 7.96. The highest BCUT2D eigenvalue weighted by atomic mass is 32.2. The second kappa shape index (κ2) is 10.5. The van der Waals surface area contributed by atoms with Crippen molar-refractivity contribution in [2.75, 3.05) is 5.73 Å². The largest absolute Gasteiger partial charge is 0.489 e. The van der Waals surface area contributed by atoms with E-state index in [2.05, 4.69) is 50.8 Å². The second-order valence-electron chi connectivity index (χ2n) is 9.79. The van der Waals surface area contributed by atoms with Gasteiger partial charge in [-0.3, -0.25) is 9.67 Å². The van der Waals surface area contributed by atoms with Gasteiger partial charge in [0.25, 0.3) is 10.0 Å². The first kappa shape index (κ1) is 26.4. The lowest BCUT2D eigenvalue weighted by atomic mass is 10.1. The van der Waals surface area contributed by atoms with Gasteiger partial charge < -0.3 is 10.5 Å². The van der Waals surface area contributed by atoms with Crippen molar-refractivity contribution in [3.8, 4) is 40.2 Å². The van der Waals surface area contributed by atoms with Crippen LogP contribution in [0.2, 0.25) is 0 Å². The van der Waals surface area contributed by atoms with Gasteiger partial charge in [-0.1, -0.05) is 18.8 Å². The number of pyridine rings is 1. The fourth-order valence-electron chi connectivity index (χ4n) is 3.71. The van der Waals surface area contributed by atoms with Crippen molar-refractivity contribution >= 4 is 15.8 Å². The summed E-state index contributed by atoms with van der Waals surface area (Å²) < 4.78 is 33.9. The topological polar surface area (TPSA) is 144 Å². The SMILES string of the molecule is CCC(C)Oc1cc(-c2cnc(-c3cnn(S(=O)(=O)C4CC4)c3)nc2N)ncc1C#Cc1cnn(C(C)C)c1. The Hall–Kier alpha value is -4.24. The predicted molar refractivity (Wildman–Crippen MR) is 147 cm³/mol. The normalized spacial score (nSPS) is 14.2. The Labute approximate surface area is 227 Å². The third-order valence-electron chi connectivity index (χ3n) is 6.36. The minimum Gasteiger partial charge on any atom is -0.489 e. The van der Waals surface area contributed by atoms with Crippen LogP contribution in [0.4, 0.5) is 5.82 Å². The van der Waals surface area contributed by atoms with Crippen LogP contribution >= 0.6 is 0 Å². The summed E-state index contributed by atoms with van der Waals surface area (Å²) in [6.07, 6.45) is 11.8. The van der Waals surface area contributed by atoms with Crippen LogP contribution in [0.1, 0.15) is 64.1 Å². The molecule has 1 aliphatic rings. The van der Waals surface area contributed by atoms with Crippen molar-refractivity contribution in [3.63, 3.8) is 0 Å². The van der Waals surface area contributed by atoms with Gasteiger partial charge in [-0.15, -0.1) is 0 Å². The highest BCUT2D eigenvalue weighted by Crippen LogP contribution is 2.32. The van der Waals surface area contributed by atoms with Gasteiger partial charge in [-0.05, 0) is 40.0 Å². The standard InChI is InChI=1S/C27H30N8O3S/c1-5-18(4)38-25-10-24(29-12-20(25)7-6-19-11-31-34(15-19)17(2)3)23-14-30-27(33-26(23)28)21-13-32-35(16-21)39(36,37)22-8-9-22/h10-18,22H,5,8-9H2,1-4H3,(H2,28,30,33).